The van der Waals surface area contributed by atoms with E-state index < -0.39 is 6.67 Å². The van der Waals surface area contributed by atoms with E-state index in [9.17, 15) is 4.39 Å². The SMILES string of the molecule is N=CC=C(N)CCF. The first-order chi connectivity index (χ1) is 3.81. The fourth-order valence-electron chi connectivity index (χ4n) is 0.299. The van der Waals surface area contributed by atoms with Crippen LogP contribution in [0.3, 0.4) is 0 Å². The summed E-state index contributed by atoms with van der Waals surface area (Å²) in [5, 5.41) is 6.51. The summed E-state index contributed by atoms with van der Waals surface area (Å²) >= 11 is 0. The summed E-state index contributed by atoms with van der Waals surface area (Å²) in [5.41, 5.74) is 5.58. The Morgan fingerprint density at radius 2 is 2.38 bits per heavy atom. The summed E-state index contributed by atoms with van der Waals surface area (Å²) in [6.45, 7) is -0.448. The van der Waals surface area contributed by atoms with Crippen molar-refractivity contribution in [3.63, 3.8) is 0 Å². The highest BCUT2D eigenvalue weighted by Crippen LogP contribution is 1.89. The van der Waals surface area contributed by atoms with Gasteiger partial charge in [-0.3, -0.25) is 4.39 Å². The van der Waals surface area contributed by atoms with E-state index in [0.29, 0.717) is 5.70 Å². The molecule has 2 nitrogen and oxygen atoms in total. The molecule has 0 aliphatic heterocycles. The highest BCUT2D eigenvalue weighted by atomic mass is 19.1. The number of nitrogens with two attached hydrogens (primary N) is 1. The molecule has 0 radical (unpaired) electrons. The molecular formula is C5H9FN2. The van der Waals surface area contributed by atoms with Crippen molar-refractivity contribution in [2.75, 3.05) is 6.67 Å². The van der Waals surface area contributed by atoms with Crippen molar-refractivity contribution in [3.8, 4) is 0 Å². The van der Waals surface area contributed by atoms with Crippen molar-refractivity contribution in [2.45, 2.75) is 6.42 Å². The third kappa shape index (κ3) is 3.33. The minimum Gasteiger partial charge on any atom is -0.402 e. The molecule has 0 fully saturated rings. The Bertz CT molecular complexity index is 98.6. The average molecular weight is 116 g/mol. The van der Waals surface area contributed by atoms with Crippen LogP contribution >= 0.6 is 0 Å². The van der Waals surface area contributed by atoms with Gasteiger partial charge in [0.2, 0.25) is 0 Å². The minimum absolute atomic E-state index is 0.232. The maximum Gasteiger partial charge on any atom is 0.0948 e. The summed E-state index contributed by atoms with van der Waals surface area (Å²) in [6.07, 6.45) is 2.65. The number of hydrogen-bond acceptors (Lipinski definition) is 2. The number of allylic oxidation sites excluding steroid dienone is 2. The van der Waals surface area contributed by atoms with Crippen molar-refractivity contribution in [1.82, 2.24) is 0 Å². The van der Waals surface area contributed by atoms with E-state index in [1.165, 1.54) is 6.08 Å². The first-order valence-corrected chi connectivity index (χ1v) is 2.32. The zero-order valence-corrected chi connectivity index (χ0v) is 4.52. The van der Waals surface area contributed by atoms with Crippen molar-refractivity contribution in [2.24, 2.45) is 5.73 Å². The first kappa shape index (κ1) is 7.14. The van der Waals surface area contributed by atoms with E-state index in [2.05, 4.69) is 0 Å². The zero-order chi connectivity index (χ0) is 6.41. The molecule has 0 aliphatic rings. The van der Waals surface area contributed by atoms with Gasteiger partial charge in [-0.1, -0.05) is 0 Å². The summed E-state index contributed by atoms with van der Waals surface area (Å²) in [5.74, 6) is 0. The first-order valence-electron chi connectivity index (χ1n) is 2.32. The molecule has 0 spiro atoms. The van der Waals surface area contributed by atoms with Crippen LogP contribution in [0.25, 0.3) is 0 Å². The van der Waals surface area contributed by atoms with Gasteiger partial charge in [0.05, 0.1) is 6.67 Å². The fraction of sp³-hybridized carbons (Fsp3) is 0.400. The van der Waals surface area contributed by atoms with Crippen LogP contribution in [0.1, 0.15) is 6.42 Å². The Hall–Kier alpha value is -0.860. The highest BCUT2D eigenvalue weighted by Gasteiger charge is 1.84. The lowest BCUT2D eigenvalue weighted by Gasteiger charge is -1.90. The maximum absolute atomic E-state index is 11.4. The lowest BCUT2D eigenvalue weighted by Crippen LogP contribution is -1.97. The minimum atomic E-state index is -0.448. The van der Waals surface area contributed by atoms with Gasteiger partial charge in [0.1, 0.15) is 0 Å². The van der Waals surface area contributed by atoms with Gasteiger partial charge < -0.3 is 11.1 Å². The van der Waals surface area contributed by atoms with Crippen molar-refractivity contribution in [1.29, 1.82) is 5.41 Å². The summed E-state index contributed by atoms with van der Waals surface area (Å²) < 4.78 is 11.4. The van der Waals surface area contributed by atoms with Crippen molar-refractivity contribution >= 4 is 6.21 Å². The van der Waals surface area contributed by atoms with Crippen LogP contribution in [-0.2, 0) is 0 Å². The summed E-state index contributed by atoms with van der Waals surface area (Å²) in [6, 6.07) is 0. The normalized spacial score (nSPS) is 11.4. The molecule has 0 amide bonds. The van der Waals surface area contributed by atoms with E-state index in [1.54, 1.807) is 0 Å². The number of nitrogens with one attached hydrogen (secondary N) is 1. The molecule has 0 bridgehead atoms. The molecule has 0 atom stereocenters. The molecule has 0 saturated heterocycles. The van der Waals surface area contributed by atoms with Gasteiger partial charge in [-0.15, -0.1) is 0 Å². The van der Waals surface area contributed by atoms with Crippen LogP contribution in [0.2, 0.25) is 0 Å². The van der Waals surface area contributed by atoms with Gasteiger partial charge in [0, 0.05) is 18.3 Å². The molecule has 0 saturated carbocycles. The smallest absolute Gasteiger partial charge is 0.0948 e. The van der Waals surface area contributed by atoms with E-state index in [0.717, 1.165) is 6.21 Å². The summed E-state index contributed by atoms with van der Waals surface area (Å²) in [4.78, 5) is 0. The molecule has 3 N–H and O–H groups in total. The number of halogens is 1. The lowest BCUT2D eigenvalue weighted by molar-refractivity contribution is 0.493. The largest absolute Gasteiger partial charge is 0.402 e. The Morgan fingerprint density at radius 1 is 1.75 bits per heavy atom. The second-order valence-corrected chi connectivity index (χ2v) is 1.35. The molecule has 0 aromatic heterocycles. The quantitative estimate of drug-likeness (QED) is 0.527. The summed E-state index contributed by atoms with van der Waals surface area (Å²) in [7, 11) is 0. The van der Waals surface area contributed by atoms with Crippen molar-refractivity contribution < 1.29 is 4.39 Å². The topological polar surface area (TPSA) is 49.9 Å². The molecule has 0 aliphatic carbocycles. The molecule has 0 heterocycles. The predicted molar refractivity (Wildman–Crippen MR) is 31.6 cm³/mol. The molecule has 46 valence electrons. The van der Waals surface area contributed by atoms with Gasteiger partial charge in [-0.2, -0.15) is 0 Å². The second-order valence-electron chi connectivity index (χ2n) is 1.35. The number of rotatable bonds is 3. The standard InChI is InChI=1S/C5H9FN2/c6-3-1-5(8)2-4-7/h2,4,7H,1,3,8H2. The van der Waals surface area contributed by atoms with Gasteiger partial charge in [0.25, 0.3) is 0 Å². The van der Waals surface area contributed by atoms with Crippen LogP contribution in [0, 0.1) is 5.41 Å². The molecule has 0 aromatic rings. The van der Waals surface area contributed by atoms with E-state index in [1.807, 2.05) is 0 Å². The molecule has 0 rings (SSSR count). The van der Waals surface area contributed by atoms with E-state index in [4.69, 9.17) is 11.1 Å². The van der Waals surface area contributed by atoms with Crippen LogP contribution in [0.5, 0.6) is 0 Å². The van der Waals surface area contributed by atoms with E-state index in [-0.39, 0.29) is 6.42 Å². The molecule has 3 heteroatoms. The lowest BCUT2D eigenvalue weighted by atomic mass is 10.3. The predicted octanol–water partition coefficient (Wildman–Crippen LogP) is 0.838. The highest BCUT2D eigenvalue weighted by molar-refractivity contribution is 5.68. The van der Waals surface area contributed by atoms with Gasteiger partial charge in [0.15, 0.2) is 0 Å². The zero-order valence-electron chi connectivity index (χ0n) is 4.52. The van der Waals surface area contributed by atoms with Gasteiger partial charge in [-0.05, 0) is 6.08 Å². The van der Waals surface area contributed by atoms with Gasteiger partial charge in [-0.25, -0.2) is 0 Å². The Morgan fingerprint density at radius 3 is 2.75 bits per heavy atom. The number of hydrogen-bond donors (Lipinski definition) is 2. The molecule has 0 aromatic carbocycles. The Kier molecular flexibility index (Phi) is 3.84. The molecule has 0 unspecified atom stereocenters. The fourth-order valence-corrected chi connectivity index (χ4v) is 0.299. The molecule has 8 heavy (non-hydrogen) atoms. The second kappa shape index (κ2) is 4.30. The average Bonchev–Trinajstić information content (AvgIpc) is 1.68. The third-order valence-corrected chi connectivity index (χ3v) is 0.681. The number of alkyl halides is 1. The maximum atomic E-state index is 11.4. The monoisotopic (exact) mass is 116 g/mol. The van der Waals surface area contributed by atoms with Crippen LogP contribution < -0.4 is 5.73 Å². The van der Waals surface area contributed by atoms with Gasteiger partial charge >= 0.3 is 0 Å². The third-order valence-electron chi connectivity index (χ3n) is 0.681. The van der Waals surface area contributed by atoms with Crippen molar-refractivity contribution in [3.05, 3.63) is 11.8 Å². The molecular weight excluding hydrogens is 107 g/mol. The Balaban J connectivity index is 3.44. The van der Waals surface area contributed by atoms with Crippen LogP contribution in [-0.4, -0.2) is 12.9 Å². The Labute approximate surface area is 47.7 Å². The van der Waals surface area contributed by atoms with Crippen LogP contribution in [0.4, 0.5) is 4.39 Å². The van der Waals surface area contributed by atoms with Crippen LogP contribution in [0.15, 0.2) is 11.8 Å². The van der Waals surface area contributed by atoms with E-state index >= 15 is 0 Å².